The lowest BCUT2D eigenvalue weighted by Crippen LogP contribution is -2.36. The number of carbonyl (C=O) groups excluding carboxylic acids is 1. The molecule has 0 aliphatic heterocycles. The van der Waals surface area contributed by atoms with Gasteiger partial charge in [-0.2, -0.15) is 13.2 Å². The van der Waals surface area contributed by atoms with Crippen molar-refractivity contribution in [1.29, 1.82) is 0 Å². The van der Waals surface area contributed by atoms with Crippen LogP contribution in [0.5, 0.6) is 0 Å². The lowest BCUT2D eigenvalue weighted by molar-refractivity contribution is -0.138. The fourth-order valence-corrected chi connectivity index (χ4v) is 2.47. The number of halogens is 4. The highest BCUT2D eigenvalue weighted by Gasteiger charge is 2.33. The SMILES string of the molecule is CC(C)n1cc(S(=O)(=O)Cl)cc1C(=O)N(C)CC(F)(F)F. The summed E-state index contributed by atoms with van der Waals surface area (Å²) < 4.78 is 60.8. The van der Waals surface area contributed by atoms with Gasteiger partial charge in [0.15, 0.2) is 0 Å². The number of alkyl halides is 3. The van der Waals surface area contributed by atoms with Crippen LogP contribution in [0.2, 0.25) is 0 Å². The Morgan fingerprint density at radius 2 is 1.95 bits per heavy atom. The van der Waals surface area contributed by atoms with Gasteiger partial charge in [-0.15, -0.1) is 0 Å². The normalized spacial score (nSPS) is 12.8. The summed E-state index contributed by atoms with van der Waals surface area (Å²) >= 11 is 0. The van der Waals surface area contributed by atoms with Crippen molar-refractivity contribution in [3.63, 3.8) is 0 Å². The molecule has 0 unspecified atom stereocenters. The van der Waals surface area contributed by atoms with Crippen LogP contribution in [-0.4, -0.2) is 43.6 Å². The standard InChI is InChI=1S/C11H14ClF3N2O3S/c1-7(2)17-5-8(21(12,19)20)4-9(17)10(18)16(3)6-11(13,14)15/h4-5,7H,6H2,1-3H3. The van der Waals surface area contributed by atoms with Crippen molar-refractivity contribution in [2.75, 3.05) is 13.6 Å². The van der Waals surface area contributed by atoms with Gasteiger partial charge in [0.2, 0.25) is 0 Å². The molecule has 0 spiro atoms. The van der Waals surface area contributed by atoms with Crippen molar-refractivity contribution in [1.82, 2.24) is 9.47 Å². The Morgan fingerprint density at radius 1 is 1.43 bits per heavy atom. The molecule has 1 amide bonds. The number of nitrogens with zero attached hydrogens (tertiary/aromatic N) is 2. The third kappa shape index (κ3) is 4.63. The second-order valence-corrected chi connectivity index (χ2v) is 7.34. The van der Waals surface area contributed by atoms with Gasteiger partial charge in [-0.05, 0) is 19.9 Å². The minimum Gasteiger partial charge on any atom is -0.340 e. The van der Waals surface area contributed by atoms with Gasteiger partial charge in [-0.3, -0.25) is 4.79 Å². The van der Waals surface area contributed by atoms with Crippen molar-refractivity contribution >= 4 is 25.6 Å². The highest BCUT2D eigenvalue weighted by molar-refractivity contribution is 8.13. The summed E-state index contributed by atoms with van der Waals surface area (Å²) in [5.41, 5.74) is -0.170. The number of aromatic nitrogens is 1. The van der Waals surface area contributed by atoms with E-state index in [0.717, 1.165) is 19.3 Å². The molecule has 0 saturated carbocycles. The molecule has 0 aromatic carbocycles. The maximum Gasteiger partial charge on any atom is 0.406 e. The van der Waals surface area contributed by atoms with Gasteiger partial charge in [-0.25, -0.2) is 8.42 Å². The summed E-state index contributed by atoms with van der Waals surface area (Å²) in [6.07, 6.45) is -3.41. The molecular weight excluding hydrogens is 333 g/mol. The van der Waals surface area contributed by atoms with Crippen molar-refractivity contribution in [3.05, 3.63) is 18.0 Å². The van der Waals surface area contributed by atoms with E-state index in [9.17, 15) is 26.4 Å². The Kier molecular flexibility index (Phi) is 4.99. The molecular formula is C11H14ClF3N2O3S. The summed E-state index contributed by atoms with van der Waals surface area (Å²) in [6, 6.07) is 0.646. The Hall–Kier alpha value is -1.22. The number of amides is 1. The first-order valence-corrected chi connectivity index (χ1v) is 8.12. The lowest BCUT2D eigenvalue weighted by Gasteiger charge is -2.20. The number of rotatable bonds is 4. The first-order chi connectivity index (χ1) is 9.33. The summed E-state index contributed by atoms with van der Waals surface area (Å²) in [5, 5.41) is 0. The third-order valence-corrected chi connectivity index (χ3v) is 3.96. The summed E-state index contributed by atoms with van der Waals surface area (Å²) in [7, 11) is 2.11. The zero-order valence-electron chi connectivity index (χ0n) is 11.5. The Morgan fingerprint density at radius 3 is 2.33 bits per heavy atom. The smallest absolute Gasteiger partial charge is 0.340 e. The molecule has 1 aromatic rings. The Labute approximate surface area is 124 Å². The van der Waals surface area contributed by atoms with Gasteiger partial charge in [0.25, 0.3) is 15.0 Å². The third-order valence-electron chi connectivity index (χ3n) is 2.64. The number of hydrogen-bond donors (Lipinski definition) is 0. The summed E-state index contributed by atoms with van der Waals surface area (Å²) in [6.45, 7) is 1.88. The minimum absolute atomic E-state index is 0.170. The fraction of sp³-hybridized carbons (Fsp3) is 0.545. The van der Waals surface area contributed by atoms with Crippen LogP contribution in [0.25, 0.3) is 0 Å². The van der Waals surface area contributed by atoms with Crippen LogP contribution in [0.3, 0.4) is 0 Å². The van der Waals surface area contributed by atoms with E-state index >= 15 is 0 Å². The molecule has 120 valence electrons. The van der Waals surface area contributed by atoms with E-state index in [4.69, 9.17) is 10.7 Å². The summed E-state index contributed by atoms with van der Waals surface area (Å²) in [5.74, 6) is -0.937. The molecule has 5 nitrogen and oxygen atoms in total. The van der Waals surface area contributed by atoms with Crippen LogP contribution in [0.4, 0.5) is 13.2 Å². The van der Waals surface area contributed by atoms with Crippen molar-refractivity contribution in [2.24, 2.45) is 0 Å². The predicted octanol–water partition coefficient (Wildman–Crippen LogP) is 2.63. The second-order valence-electron chi connectivity index (χ2n) is 4.78. The van der Waals surface area contributed by atoms with Crippen LogP contribution < -0.4 is 0 Å². The van der Waals surface area contributed by atoms with E-state index in [1.807, 2.05) is 0 Å². The van der Waals surface area contributed by atoms with E-state index in [-0.39, 0.29) is 16.6 Å². The van der Waals surface area contributed by atoms with Crippen LogP contribution in [0.1, 0.15) is 30.4 Å². The van der Waals surface area contributed by atoms with Crippen molar-refractivity contribution in [3.8, 4) is 0 Å². The first kappa shape index (κ1) is 17.8. The molecule has 0 saturated heterocycles. The predicted molar refractivity (Wildman–Crippen MR) is 70.9 cm³/mol. The van der Waals surface area contributed by atoms with Gasteiger partial charge in [0, 0.05) is 30.0 Å². The number of hydrogen-bond acceptors (Lipinski definition) is 3. The fourth-order valence-electron chi connectivity index (χ4n) is 1.72. The van der Waals surface area contributed by atoms with Crippen molar-refractivity contribution in [2.45, 2.75) is 31.0 Å². The Bertz CT molecular complexity index is 638. The van der Waals surface area contributed by atoms with Gasteiger partial charge < -0.3 is 9.47 Å². The zero-order chi connectivity index (χ0) is 16.6. The molecule has 0 atom stereocenters. The Balaban J connectivity index is 3.23. The van der Waals surface area contributed by atoms with E-state index in [1.165, 1.54) is 4.57 Å². The van der Waals surface area contributed by atoms with Crippen LogP contribution in [-0.2, 0) is 9.05 Å². The minimum atomic E-state index is -4.54. The topological polar surface area (TPSA) is 59.4 Å². The molecule has 0 aliphatic carbocycles. The van der Waals surface area contributed by atoms with Gasteiger partial charge in [0.1, 0.15) is 17.1 Å². The van der Waals surface area contributed by atoms with Gasteiger partial charge >= 0.3 is 6.18 Å². The van der Waals surface area contributed by atoms with E-state index in [1.54, 1.807) is 13.8 Å². The average molecular weight is 347 g/mol. The second kappa shape index (κ2) is 5.88. The van der Waals surface area contributed by atoms with E-state index < -0.39 is 27.7 Å². The lowest BCUT2D eigenvalue weighted by atomic mass is 10.3. The quantitative estimate of drug-likeness (QED) is 0.787. The molecule has 0 fully saturated rings. The summed E-state index contributed by atoms with van der Waals surface area (Å²) in [4.78, 5) is 12.2. The van der Waals surface area contributed by atoms with Gasteiger partial charge in [0.05, 0.1) is 0 Å². The van der Waals surface area contributed by atoms with Gasteiger partial charge in [-0.1, -0.05) is 0 Å². The highest BCUT2D eigenvalue weighted by atomic mass is 35.7. The van der Waals surface area contributed by atoms with Crippen LogP contribution in [0, 0.1) is 0 Å². The molecule has 0 aliphatic rings. The molecule has 1 rings (SSSR count). The first-order valence-electron chi connectivity index (χ1n) is 5.81. The van der Waals surface area contributed by atoms with Crippen LogP contribution in [0.15, 0.2) is 17.2 Å². The van der Waals surface area contributed by atoms with E-state index in [2.05, 4.69) is 0 Å². The molecule has 0 bridgehead atoms. The molecule has 1 aromatic heterocycles. The molecule has 0 N–H and O–H groups in total. The average Bonchev–Trinajstić information content (AvgIpc) is 2.69. The van der Waals surface area contributed by atoms with Crippen molar-refractivity contribution < 1.29 is 26.4 Å². The zero-order valence-corrected chi connectivity index (χ0v) is 13.1. The monoisotopic (exact) mass is 346 g/mol. The van der Waals surface area contributed by atoms with E-state index in [0.29, 0.717) is 4.90 Å². The number of carbonyl (C=O) groups is 1. The molecule has 0 radical (unpaired) electrons. The molecule has 21 heavy (non-hydrogen) atoms. The molecule has 10 heteroatoms. The largest absolute Gasteiger partial charge is 0.406 e. The molecule has 1 heterocycles. The highest BCUT2D eigenvalue weighted by Crippen LogP contribution is 2.24. The maximum absolute atomic E-state index is 12.3. The maximum atomic E-state index is 12.3. The van der Waals surface area contributed by atoms with Crippen LogP contribution >= 0.6 is 10.7 Å².